The van der Waals surface area contributed by atoms with Crippen molar-refractivity contribution in [3.05, 3.63) is 23.4 Å². The molecule has 1 aromatic heterocycles. The maximum absolute atomic E-state index is 11.7. The fourth-order valence-corrected chi connectivity index (χ4v) is 2.08. The highest BCUT2D eigenvalue weighted by atomic mass is 16.5. The quantitative estimate of drug-likeness (QED) is 0.810. The van der Waals surface area contributed by atoms with Gasteiger partial charge in [0.2, 0.25) is 11.8 Å². The topological polar surface area (TPSA) is 68.0 Å². The van der Waals surface area contributed by atoms with Crippen LogP contribution in [0, 0.1) is 6.92 Å². The zero-order chi connectivity index (χ0) is 12.8. The van der Waals surface area contributed by atoms with Gasteiger partial charge in [0.25, 0.3) is 0 Å². The smallest absolute Gasteiger partial charge is 0.228 e. The molecule has 0 aliphatic heterocycles. The Morgan fingerprint density at radius 1 is 1.50 bits per heavy atom. The van der Waals surface area contributed by atoms with Gasteiger partial charge in [-0.25, -0.2) is 0 Å². The normalized spacial score (nSPS) is 15.3. The fraction of sp³-hybridized carbons (Fsp3) is 0.615. The second kappa shape index (κ2) is 6.33. The number of allylic oxidation sites excluding steroid dienone is 1. The number of rotatable bonds is 5. The number of aryl methyl sites for hydroxylation is 1. The number of hydrogen-bond acceptors (Lipinski definition) is 4. The van der Waals surface area contributed by atoms with E-state index in [1.54, 1.807) is 6.92 Å². The van der Waals surface area contributed by atoms with Crippen LogP contribution in [0.4, 0.5) is 0 Å². The largest absolute Gasteiger partial charge is 0.355 e. The molecule has 2 rings (SSSR count). The second-order valence-corrected chi connectivity index (χ2v) is 4.62. The van der Waals surface area contributed by atoms with E-state index in [1.807, 2.05) is 0 Å². The molecular formula is C13H19N3O2. The zero-order valence-corrected chi connectivity index (χ0v) is 10.7. The molecule has 1 amide bonds. The first-order valence-corrected chi connectivity index (χ1v) is 6.48. The van der Waals surface area contributed by atoms with Gasteiger partial charge < -0.3 is 9.84 Å². The molecule has 0 aromatic carbocycles. The molecule has 0 saturated heterocycles. The standard InChI is InChI=1S/C13H19N3O2/c1-10-15-13(18-16-10)7-8-14-12(17)9-11-5-3-2-4-6-11/h5H,2-4,6-9H2,1H3,(H,14,17). The Hall–Kier alpha value is -1.65. The van der Waals surface area contributed by atoms with E-state index in [2.05, 4.69) is 21.5 Å². The lowest BCUT2D eigenvalue weighted by atomic mass is 9.97. The first kappa shape index (κ1) is 12.8. The van der Waals surface area contributed by atoms with Crippen LogP contribution in [0.25, 0.3) is 0 Å². The Morgan fingerprint density at radius 2 is 2.39 bits per heavy atom. The Labute approximate surface area is 107 Å². The molecule has 5 heteroatoms. The molecule has 0 bridgehead atoms. The minimum atomic E-state index is 0.0828. The third kappa shape index (κ3) is 3.98. The summed E-state index contributed by atoms with van der Waals surface area (Å²) in [7, 11) is 0. The molecule has 1 N–H and O–H groups in total. The molecule has 0 fully saturated rings. The third-order valence-electron chi connectivity index (χ3n) is 3.00. The molecule has 0 saturated carbocycles. The van der Waals surface area contributed by atoms with Crippen molar-refractivity contribution in [3.8, 4) is 0 Å². The second-order valence-electron chi connectivity index (χ2n) is 4.62. The van der Waals surface area contributed by atoms with Gasteiger partial charge in [0, 0.05) is 19.4 Å². The van der Waals surface area contributed by atoms with Gasteiger partial charge in [-0.15, -0.1) is 0 Å². The molecule has 0 atom stereocenters. The van der Waals surface area contributed by atoms with Crippen molar-refractivity contribution in [3.63, 3.8) is 0 Å². The van der Waals surface area contributed by atoms with Crippen molar-refractivity contribution in [2.75, 3.05) is 6.54 Å². The number of nitrogens with one attached hydrogen (secondary N) is 1. The number of carbonyl (C=O) groups excluding carboxylic acids is 1. The first-order valence-electron chi connectivity index (χ1n) is 6.48. The van der Waals surface area contributed by atoms with E-state index in [0.717, 1.165) is 12.8 Å². The summed E-state index contributed by atoms with van der Waals surface area (Å²) in [5.41, 5.74) is 1.27. The van der Waals surface area contributed by atoms with E-state index in [-0.39, 0.29) is 5.91 Å². The minimum Gasteiger partial charge on any atom is -0.355 e. The van der Waals surface area contributed by atoms with E-state index in [1.165, 1.54) is 18.4 Å². The van der Waals surface area contributed by atoms with E-state index < -0.39 is 0 Å². The van der Waals surface area contributed by atoms with Crippen LogP contribution in [0.1, 0.15) is 43.8 Å². The Kier molecular flexibility index (Phi) is 4.50. The molecule has 1 aliphatic carbocycles. The summed E-state index contributed by atoms with van der Waals surface area (Å²) in [6.07, 6.45) is 7.96. The Morgan fingerprint density at radius 3 is 3.06 bits per heavy atom. The summed E-state index contributed by atoms with van der Waals surface area (Å²) in [4.78, 5) is 15.8. The number of carbonyl (C=O) groups is 1. The predicted molar refractivity (Wildman–Crippen MR) is 66.9 cm³/mol. The number of hydrogen-bond donors (Lipinski definition) is 1. The van der Waals surface area contributed by atoms with Crippen molar-refractivity contribution < 1.29 is 9.32 Å². The molecule has 1 aromatic rings. The summed E-state index contributed by atoms with van der Waals surface area (Å²) in [6, 6.07) is 0. The third-order valence-corrected chi connectivity index (χ3v) is 3.00. The average Bonchev–Trinajstić information content (AvgIpc) is 2.76. The van der Waals surface area contributed by atoms with Gasteiger partial charge in [0.1, 0.15) is 0 Å². The first-order chi connectivity index (χ1) is 8.74. The minimum absolute atomic E-state index is 0.0828. The molecule has 0 radical (unpaired) electrons. The Bertz CT molecular complexity index is 437. The van der Waals surface area contributed by atoms with Gasteiger partial charge in [-0.2, -0.15) is 4.98 Å². The summed E-state index contributed by atoms with van der Waals surface area (Å²) in [5, 5.41) is 6.58. The van der Waals surface area contributed by atoms with Crippen LogP contribution in [0.3, 0.4) is 0 Å². The van der Waals surface area contributed by atoms with Gasteiger partial charge in [0.15, 0.2) is 5.82 Å². The zero-order valence-electron chi connectivity index (χ0n) is 10.7. The highest BCUT2D eigenvalue weighted by Crippen LogP contribution is 2.19. The van der Waals surface area contributed by atoms with Gasteiger partial charge in [-0.3, -0.25) is 4.79 Å². The van der Waals surface area contributed by atoms with E-state index >= 15 is 0 Å². The number of amides is 1. The van der Waals surface area contributed by atoms with Gasteiger partial charge >= 0.3 is 0 Å². The number of nitrogens with zero attached hydrogens (tertiary/aromatic N) is 2. The molecule has 0 spiro atoms. The van der Waals surface area contributed by atoms with E-state index in [9.17, 15) is 4.79 Å². The summed E-state index contributed by atoms with van der Waals surface area (Å²) >= 11 is 0. The van der Waals surface area contributed by atoms with Crippen molar-refractivity contribution in [1.29, 1.82) is 0 Å². The highest BCUT2D eigenvalue weighted by molar-refractivity contribution is 5.78. The van der Waals surface area contributed by atoms with Crippen molar-refractivity contribution in [2.24, 2.45) is 0 Å². The predicted octanol–water partition coefficient (Wildman–Crippen LogP) is 1.93. The molecule has 98 valence electrons. The number of aromatic nitrogens is 2. The van der Waals surface area contributed by atoms with Crippen molar-refractivity contribution in [1.82, 2.24) is 15.5 Å². The van der Waals surface area contributed by atoms with E-state index in [0.29, 0.717) is 31.1 Å². The summed E-state index contributed by atoms with van der Waals surface area (Å²) in [6.45, 7) is 2.33. The monoisotopic (exact) mass is 249 g/mol. The molecule has 5 nitrogen and oxygen atoms in total. The van der Waals surface area contributed by atoms with Crippen LogP contribution < -0.4 is 5.32 Å². The lowest BCUT2D eigenvalue weighted by Crippen LogP contribution is -2.26. The van der Waals surface area contributed by atoms with Gasteiger partial charge in [-0.1, -0.05) is 16.8 Å². The average molecular weight is 249 g/mol. The van der Waals surface area contributed by atoms with Crippen molar-refractivity contribution in [2.45, 2.75) is 45.4 Å². The fourth-order valence-electron chi connectivity index (χ4n) is 2.08. The van der Waals surface area contributed by atoms with Crippen molar-refractivity contribution >= 4 is 5.91 Å². The molecule has 1 aliphatic rings. The van der Waals surface area contributed by atoms with Crippen LogP contribution in [0.2, 0.25) is 0 Å². The van der Waals surface area contributed by atoms with Crippen LogP contribution in [0.15, 0.2) is 16.2 Å². The molecule has 18 heavy (non-hydrogen) atoms. The molecular weight excluding hydrogens is 230 g/mol. The lowest BCUT2D eigenvalue weighted by molar-refractivity contribution is -0.120. The van der Waals surface area contributed by atoms with Crippen LogP contribution in [-0.4, -0.2) is 22.6 Å². The molecule has 1 heterocycles. The maximum atomic E-state index is 11.7. The highest BCUT2D eigenvalue weighted by Gasteiger charge is 2.09. The lowest BCUT2D eigenvalue weighted by Gasteiger charge is -2.12. The van der Waals surface area contributed by atoms with E-state index in [4.69, 9.17) is 4.52 Å². The maximum Gasteiger partial charge on any atom is 0.228 e. The van der Waals surface area contributed by atoms with Crippen LogP contribution >= 0.6 is 0 Å². The summed E-state index contributed by atoms with van der Waals surface area (Å²) < 4.78 is 4.97. The van der Waals surface area contributed by atoms with Gasteiger partial charge in [-0.05, 0) is 32.6 Å². The SMILES string of the molecule is Cc1noc(CCNC(=O)CC2=CCCCC2)n1. The van der Waals surface area contributed by atoms with Crippen LogP contribution in [-0.2, 0) is 11.2 Å². The summed E-state index contributed by atoms with van der Waals surface area (Å²) in [5.74, 6) is 1.28. The van der Waals surface area contributed by atoms with Crippen LogP contribution in [0.5, 0.6) is 0 Å². The van der Waals surface area contributed by atoms with Gasteiger partial charge in [0.05, 0.1) is 0 Å². The molecule has 0 unspecified atom stereocenters. The Balaban J connectivity index is 1.67.